The Bertz CT molecular complexity index is 780. The number of hydrogen-bond donors (Lipinski definition) is 0. The van der Waals surface area contributed by atoms with Gasteiger partial charge in [-0.15, -0.1) is 24.3 Å². The van der Waals surface area contributed by atoms with Crippen molar-refractivity contribution in [2.24, 2.45) is 0 Å². The van der Waals surface area contributed by atoms with Crippen molar-refractivity contribution in [2.75, 3.05) is 5.75 Å². The summed E-state index contributed by atoms with van der Waals surface area (Å²) in [5, 5.41) is 0.815. The second-order valence-corrected chi connectivity index (χ2v) is 6.65. The Kier molecular flexibility index (Phi) is 3.68. The predicted octanol–water partition coefficient (Wildman–Crippen LogP) is 2.86. The Morgan fingerprint density at radius 1 is 1.55 bits per heavy atom. The highest BCUT2D eigenvalue weighted by molar-refractivity contribution is 7.99. The summed E-state index contributed by atoms with van der Waals surface area (Å²) in [6, 6.07) is 0. The van der Waals surface area contributed by atoms with Crippen molar-refractivity contribution in [1.82, 2.24) is 9.55 Å². The summed E-state index contributed by atoms with van der Waals surface area (Å²) in [6.45, 7) is 4.44. The van der Waals surface area contributed by atoms with Crippen LogP contribution in [0.2, 0.25) is 0 Å². The third-order valence-electron chi connectivity index (χ3n) is 3.36. The van der Waals surface area contributed by atoms with Gasteiger partial charge >= 0.3 is 0 Å². The van der Waals surface area contributed by atoms with Crippen molar-refractivity contribution >= 4 is 33.4 Å². The van der Waals surface area contributed by atoms with Crippen molar-refractivity contribution in [2.45, 2.75) is 31.0 Å². The van der Waals surface area contributed by atoms with Crippen LogP contribution in [0.5, 0.6) is 0 Å². The van der Waals surface area contributed by atoms with Crippen molar-refractivity contribution in [3.8, 4) is 12.3 Å². The maximum atomic E-state index is 12.5. The van der Waals surface area contributed by atoms with E-state index in [-0.39, 0.29) is 5.43 Å². The van der Waals surface area contributed by atoms with Gasteiger partial charge in [0.15, 0.2) is 5.16 Å². The van der Waals surface area contributed by atoms with Gasteiger partial charge in [0.2, 0.25) is 5.43 Å². The predicted molar refractivity (Wildman–Crippen MR) is 85.7 cm³/mol. The average Bonchev–Trinajstić information content (AvgIpc) is 3.04. The SMILES string of the molecule is C#CCSc1nc2c(=O)c3c(sc2n1CC=C)CCC3. The lowest BCUT2D eigenvalue weighted by atomic mass is 10.2. The van der Waals surface area contributed by atoms with Gasteiger partial charge in [0.05, 0.1) is 5.75 Å². The largest absolute Gasteiger partial charge is 0.307 e. The molecule has 102 valence electrons. The highest BCUT2D eigenvalue weighted by atomic mass is 32.2. The van der Waals surface area contributed by atoms with Crippen LogP contribution in [0.25, 0.3) is 10.3 Å². The first-order chi connectivity index (χ1) is 9.76. The highest BCUT2D eigenvalue weighted by Gasteiger charge is 2.22. The lowest BCUT2D eigenvalue weighted by Crippen LogP contribution is -2.07. The summed E-state index contributed by atoms with van der Waals surface area (Å²) in [4.78, 5) is 19.2. The minimum Gasteiger partial charge on any atom is -0.307 e. The number of nitrogens with zero attached hydrogens (tertiary/aromatic N) is 2. The maximum Gasteiger partial charge on any atom is 0.211 e. The fourth-order valence-corrected chi connectivity index (χ4v) is 4.56. The molecule has 0 unspecified atom stereocenters. The number of aryl methyl sites for hydroxylation is 1. The third kappa shape index (κ3) is 2.09. The summed E-state index contributed by atoms with van der Waals surface area (Å²) < 4.78 is 2.05. The van der Waals surface area contributed by atoms with Crippen molar-refractivity contribution in [3.63, 3.8) is 0 Å². The molecule has 0 bridgehead atoms. The van der Waals surface area contributed by atoms with Gasteiger partial charge in [-0.2, -0.15) is 0 Å². The third-order valence-corrected chi connectivity index (χ3v) is 5.54. The maximum absolute atomic E-state index is 12.5. The van der Waals surface area contributed by atoms with Crippen molar-refractivity contribution in [3.05, 3.63) is 33.3 Å². The molecule has 3 nitrogen and oxygen atoms in total. The van der Waals surface area contributed by atoms with Gasteiger partial charge < -0.3 is 4.57 Å². The number of rotatable bonds is 4. The first-order valence-electron chi connectivity index (χ1n) is 6.48. The standard InChI is InChI=1S/C15H14N2OS2/c1-3-8-17-14-12(16-15(17)19-9-4-2)13(18)10-6-5-7-11(10)20-14/h2-3H,1,5-9H2. The van der Waals surface area contributed by atoms with E-state index in [0.717, 1.165) is 34.8 Å². The fourth-order valence-electron chi connectivity index (χ4n) is 2.50. The second kappa shape index (κ2) is 5.47. The molecule has 0 aromatic carbocycles. The minimum absolute atomic E-state index is 0.108. The highest BCUT2D eigenvalue weighted by Crippen LogP contribution is 2.31. The fraction of sp³-hybridized carbons (Fsp3) is 0.333. The topological polar surface area (TPSA) is 34.9 Å². The Morgan fingerprint density at radius 3 is 3.15 bits per heavy atom. The first kappa shape index (κ1) is 13.5. The second-order valence-electron chi connectivity index (χ2n) is 4.63. The normalized spacial score (nSPS) is 13.3. The summed E-state index contributed by atoms with van der Waals surface area (Å²) in [7, 11) is 0. The quantitative estimate of drug-likeness (QED) is 0.495. The van der Waals surface area contributed by atoms with Crippen LogP contribution in [-0.2, 0) is 19.4 Å². The minimum atomic E-state index is 0.108. The van der Waals surface area contributed by atoms with Gasteiger partial charge in [-0.3, -0.25) is 4.79 Å². The zero-order valence-electron chi connectivity index (χ0n) is 11.0. The van der Waals surface area contributed by atoms with E-state index in [9.17, 15) is 4.79 Å². The van der Waals surface area contributed by atoms with Crippen LogP contribution in [0.4, 0.5) is 0 Å². The number of aromatic nitrogens is 2. The molecule has 0 aliphatic heterocycles. The molecule has 0 saturated carbocycles. The Labute approximate surface area is 125 Å². The molecule has 0 N–H and O–H groups in total. The number of allylic oxidation sites excluding steroid dienone is 1. The molecule has 0 atom stereocenters. The molecular weight excluding hydrogens is 288 g/mol. The number of hydrogen-bond acceptors (Lipinski definition) is 4. The Morgan fingerprint density at radius 2 is 2.40 bits per heavy atom. The van der Waals surface area contributed by atoms with Crippen LogP contribution in [0.1, 0.15) is 16.9 Å². The Balaban J connectivity index is 2.24. The van der Waals surface area contributed by atoms with Gasteiger partial charge in [0.25, 0.3) is 0 Å². The van der Waals surface area contributed by atoms with E-state index < -0.39 is 0 Å². The van der Waals surface area contributed by atoms with E-state index in [4.69, 9.17) is 6.42 Å². The number of fused-ring (bicyclic) bond motifs is 2. The molecule has 5 heteroatoms. The zero-order valence-corrected chi connectivity index (χ0v) is 12.6. The molecule has 1 aliphatic carbocycles. The van der Waals surface area contributed by atoms with E-state index >= 15 is 0 Å². The summed E-state index contributed by atoms with van der Waals surface area (Å²) in [5.41, 5.74) is 1.67. The monoisotopic (exact) mass is 302 g/mol. The number of terminal acetylenes is 1. The van der Waals surface area contributed by atoms with Gasteiger partial charge in [-0.05, 0) is 19.3 Å². The molecule has 1 aliphatic rings. The van der Waals surface area contributed by atoms with Crippen LogP contribution in [0.3, 0.4) is 0 Å². The molecule has 0 saturated heterocycles. The van der Waals surface area contributed by atoms with Gasteiger partial charge in [-0.1, -0.05) is 23.8 Å². The van der Waals surface area contributed by atoms with Gasteiger partial charge in [0.1, 0.15) is 10.3 Å². The average molecular weight is 302 g/mol. The first-order valence-corrected chi connectivity index (χ1v) is 8.28. The lowest BCUT2D eigenvalue weighted by Gasteiger charge is -2.04. The van der Waals surface area contributed by atoms with Gasteiger partial charge in [0, 0.05) is 17.0 Å². The lowest BCUT2D eigenvalue weighted by molar-refractivity contribution is 0.753. The van der Waals surface area contributed by atoms with Crippen LogP contribution in [0.15, 0.2) is 22.6 Å². The van der Waals surface area contributed by atoms with Crippen LogP contribution in [0, 0.1) is 12.3 Å². The molecule has 2 aromatic heterocycles. The molecule has 0 radical (unpaired) electrons. The molecule has 0 fully saturated rings. The van der Waals surface area contributed by atoms with Crippen LogP contribution >= 0.6 is 23.1 Å². The molecular formula is C15H14N2OS2. The smallest absolute Gasteiger partial charge is 0.211 e. The molecule has 0 spiro atoms. The van der Waals surface area contributed by atoms with Crippen LogP contribution in [-0.4, -0.2) is 15.3 Å². The van der Waals surface area contributed by atoms with Crippen LogP contribution < -0.4 is 5.43 Å². The van der Waals surface area contributed by atoms with E-state index in [1.54, 1.807) is 11.3 Å². The van der Waals surface area contributed by atoms with E-state index in [0.29, 0.717) is 17.8 Å². The van der Waals surface area contributed by atoms with E-state index in [1.165, 1.54) is 16.6 Å². The summed E-state index contributed by atoms with van der Waals surface area (Å²) >= 11 is 3.19. The van der Waals surface area contributed by atoms with Gasteiger partial charge in [-0.25, -0.2) is 4.98 Å². The molecule has 3 rings (SSSR count). The molecule has 2 heterocycles. The summed E-state index contributed by atoms with van der Waals surface area (Å²) in [5.74, 6) is 3.15. The molecule has 0 amide bonds. The number of thioether (sulfide) groups is 1. The number of imidazole rings is 1. The Hall–Kier alpha value is -1.51. The molecule has 2 aromatic rings. The molecule has 20 heavy (non-hydrogen) atoms. The zero-order chi connectivity index (χ0) is 14.1. The van der Waals surface area contributed by atoms with Crippen molar-refractivity contribution < 1.29 is 0 Å². The van der Waals surface area contributed by atoms with Crippen molar-refractivity contribution in [1.29, 1.82) is 0 Å². The van der Waals surface area contributed by atoms with E-state index in [2.05, 4.69) is 22.1 Å². The summed E-state index contributed by atoms with van der Waals surface area (Å²) in [6.07, 6.45) is 10.1. The van der Waals surface area contributed by atoms with E-state index in [1.807, 2.05) is 6.08 Å².